The molecule has 0 aromatic rings. The summed E-state index contributed by atoms with van der Waals surface area (Å²) in [6.45, 7) is 3.55. The molecule has 0 bridgehead atoms. The fourth-order valence-electron chi connectivity index (χ4n) is 0.285. The molecule has 0 spiro atoms. The van der Waals surface area contributed by atoms with Crippen LogP contribution in [0.2, 0.25) is 0 Å². The van der Waals surface area contributed by atoms with Gasteiger partial charge in [0.25, 0.3) is 0 Å². The predicted molar refractivity (Wildman–Crippen MR) is 47.6 cm³/mol. The van der Waals surface area contributed by atoms with Crippen LogP contribution in [-0.4, -0.2) is 41.5 Å². The normalized spacial score (nSPS) is 11.2. The van der Waals surface area contributed by atoms with E-state index in [-0.39, 0.29) is 42.8 Å². The van der Waals surface area contributed by atoms with Gasteiger partial charge in [-0.15, -0.1) is 12.4 Å². The Bertz CT molecular complexity index is 99.6. The molecule has 0 aromatic heterocycles. The van der Waals surface area contributed by atoms with Crippen molar-refractivity contribution in [3.05, 3.63) is 0 Å². The predicted octanol–water partition coefficient (Wildman–Crippen LogP) is -0.708. The van der Waals surface area contributed by atoms with Crippen molar-refractivity contribution < 1.29 is 9.90 Å². The minimum absolute atomic E-state index is 0. The third-order valence-corrected chi connectivity index (χ3v) is 1.00. The van der Waals surface area contributed by atoms with Crippen LogP contribution in [0, 0.1) is 5.92 Å². The van der Waals surface area contributed by atoms with Crippen molar-refractivity contribution in [2.24, 2.45) is 11.7 Å². The van der Waals surface area contributed by atoms with Crippen molar-refractivity contribution >= 4 is 42.8 Å². The van der Waals surface area contributed by atoms with E-state index in [1.807, 2.05) is 0 Å². The van der Waals surface area contributed by atoms with Crippen molar-refractivity contribution in [1.82, 2.24) is 0 Å². The number of hydrogen-bond acceptors (Lipinski definition) is 2. The fraction of sp³-hybridized carbons (Fsp3) is 0.800. The van der Waals surface area contributed by atoms with Gasteiger partial charge in [0.2, 0.25) is 0 Å². The molecule has 0 aliphatic heterocycles. The van der Waals surface area contributed by atoms with Crippen molar-refractivity contribution in [2.75, 3.05) is 0 Å². The van der Waals surface area contributed by atoms with E-state index in [4.69, 9.17) is 10.8 Å². The monoisotopic (exact) mass is 277 g/mol. The summed E-state index contributed by atoms with van der Waals surface area (Å²) in [5.41, 5.74) is 5.16. The van der Waals surface area contributed by atoms with Crippen LogP contribution in [0.25, 0.3) is 0 Å². The molecule has 1 atom stereocenters. The summed E-state index contributed by atoms with van der Waals surface area (Å²) in [4.78, 5) is 10.0. The number of carboxylic acid groups (broad SMARTS) is 1. The van der Waals surface area contributed by atoms with E-state index in [1.54, 1.807) is 13.8 Å². The third-order valence-electron chi connectivity index (χ3n) is 1.00. The summed E-state index contributed by atoms with van der Waals surface area (Å²) < 4.78 is 0. The topological polar surface area (TPSA) is 63.3 Å². The molecule has 10 heavy (non-hydrogen) atoms. The number of nitrogens with two attached hydrogens (primary N) is 1. The molecule has 0 aromatic carbocycles. The average Bonchev–Trinajstić information content (AvgIpc) is 1.64. The Morgan fingerprint density at radius 3 is 1.80 bits per heavy atom. The van der Waals surface area contributed by atoms with Crippen LogP contribution in [0.3, 0.4) is 0 Å². The number of aliphatic carboxylic acids is 1. The molecule has 0 saturated heterocycles. The van der Waals surface area contributed by atoms with Gasteiger partial charge in [-0.3, -0.25) is 4.79 Å². The molecule has 0 radical (unpaired) electrons. The third kappa shape index (κ3) is 6.66. The van der Waals surface area contributed by atoms with E-state index >= 15 is 0 Å². The van der Waals surface area contributed by atoms with Gasteiger partial charge in [0.15, 0.2) is 0 Å². The van der Waals surface area contributed by atoms with Gasteiger partial charge in [-0.2, -0.15) is 0 Å². The molecule has 0 fully saturated rings. The van der Waals surface area contributed by atoms with E-state index in [9.17, 15) is 4.79 Å². The molecule has 0 aliphatic rings. The zero-order valence-electron chi connectivity index (χ0n) is 6.20. The molecule has 64 valence electrons. The van der Waals surface area contributed by atoms with E-state index < -0.39 is 12.0 Å². The molecule has 5 heteroatoms. The maximum atomic E-state index is 10.0. The quantitative estimate of drug-likeness (QED) is 0.656. The van der Waals surface area contributed by atoms with Gasteiger partial charge >= 0.3 is 30.4 Å². The minimum atomic E-state index is -0.931. The van der Waals surface area contributed by atoms with Crippen molar-refractivity contribution in [1.29, 1.82) is 0 Å². The van der Waals surface area contributed by atoms with Crippen molar-refractivity contribution in [3.8, 4) is 0 Å². The van der Waals surface area contributed by atoms with Crippen molar-refractivity contribution in [3.63, 3.8) is 0 Å². The summed E-state index contributed by atoms with van der Waals surface area (Å²) in [6.07, 6.45) is 0. The Labute approximate surface area is 84.2 Å². The van der Waals surface area contributed by atoms with Crippen LogP contribution in [-0.2, 0) is 4.79 Å². The summed E-state index contributed by atoms with van der Waals surface area (Å²) in [5.74, 6) is -0.910. The Balaban J connectivity index is -0.000000245. The Kier molecular flexibility index (Phi) is 12.9. The number of rotatable bonds is 2. The van der Waals surface area contributed by atoms with Gasteiger partial charge in [-0.05, 0) is 5.92 Å². The first-order valence-electron chi connectivity index (χ1n) is 2.54. The van der Waals surface area contributed by atoms with Crippen LogP contribution in [0.15, 0.2) is 0 Å². The number of carbonyl (C=O) groups is 1. The zero-order valence-corrected chi connectivity index (χ0v) is 11.1. The van der Waals surface area contributed by atoms with Crippen LogP contribution in [0.5, 0.6) is 0 Å². The average molecular weight is 278 g/mol. The Morgan fingerprint density at radius 1 is 1.50 bits per heavy atom. The molecule has 0 heterocycles. The number of carboxylic acids is 1. The molecule has 0 amide bonds. The zero-order chi connectivity index (χ0) is 6.73. The van der Waals surface area contributed by atoms with Gasteiger partial charge in [0, 0.05) is 0 Å². The van der Waals surface area contributed by atoms with Crippen LogP contribution in [0.4, 0.5) is 0 Å². The second kappa shape index (κ2) is 7.64. The summed E-state index contributed by atoms with van der Waals surface area (Å²) in [7, 11) is 0. The first-order chi connectivity index (χ1) is 3.55. The van der Waals surface area contributed by atoms with Crippen LogP contribution in [0.1, 0.15) is 13.8 Å². The molecular formula is C5H15ClNO2Sb. The van der Waals surface area contributed by atoms with Gasteiger partial charge < -0.3 is 10.8 Å². The second-order valence-corrected chi connectivity index (χ2v) is 2.11. The summed E-state index contributed by atoms with van der Waals surface area (Å²) >= 11 is 0. The Hall–Kier alpha value is 0.538. The number of halogens is 1. The fourth-order valence-corrected chi connectivity index (χ4v) is 0.285. The van der Waals surface area contributed by atoms with E-state index in [0.29, 0.717) is 0 Å². The first kappa shape index (κ1) is 16.9. The molecule has 0 unspecified atom stereocenters. The van der Waals surface area contributed by atoms with Crippen LogP contribution < -0.4 is 5.73 Å². The molecule has 0 saturated carbocycles. The molecule has 0 aliphatic carbocycles. The Morgan fingerprint density at radius 2 is 1.80 bits per heavy atom. The summed E-state index contributed by atoms with van der Waals surface area (Å²) in [6, 6.07) is -0.713. The maximum absolute atomic E-state index is 10.0. The molecule has 3 N–H and O–H groups in total. The SMILES string of the molecule is CC(C)[C@H](N)C(=O)O.Cl.[SbH3]. The van der Waals surface area contributed by atoms with Gasteiger partial charge in [0.05, 0.1) is 0 Å². The van der Waals surface area contributed by atoms with E-state index in [0.717, 1.165) is 0 Å². The van der Waals surface area contributed by atoms with E-state index in [1.165, 1.54) is 0 Å². The number of hydrogen-bond donors (Lipinski definition) is 2. The molecular weight excluding hydrogens is 263 g/mol. The molecule has 3 nitrogen and oxygen atoms in total. The second-order valence-electron chi connectivity index (χ2n) is 2.11. The van der Waals surface area contributed by atoms with Gasteiger partial charge in [-0.1, -0.05) is 13.8 Å². The summed E-state index contributed by atoms with van der Waals surface area (Å²) in [5, 5.41) is 8.23. The van der Waals surface area contributed by atoms with Gasteiger partial charge in [-0.25, -0.2) is 0 Å². The standard InChI is InChI=1S/C5H11NO2.ClH.Sb.3H/c1-3(2)4(6)5(7)8;;;;;/h3-4H,6H2,1-2H3,(H,7,8);1H;;;;/t4-;;;;;/m0...../s1. The van der Waals surface area contributed by atoms with E-state index in [2.05, 4.69) is 0 Å². The van der Waals surface area contributed by atoms with Gasteiger partial charge in [0.1, 0.15) is 6.04 Å². The van der Waals surface area contributed by atoms with Crippen molar-refractivity contribution in [2.45, 2.75) is 19.9 Å². The van der Waals surface area contributed by atoms with Crippen LogP contribution >= 0.6 is 12.4 Å². The first-order valence-corrected chi connectivity index (χ1v) is 2.54. The molecule has 0 rings (SSSR count).